The number of hydrogen-bond donors (Lipinski definition) is 1. The molecule has 0 aromatic heterocycles. The molecule has 3 heteroatoms. The Bertz CT molecular complexity index is 578. The number of carbonyl (C=O) groups excluding carboxylic acids is 1. The fourth-order valence-electron chi connectivity index (χ4n) is 1.91. The van der Waals surface area contributed by atoms with Crippen LogP contribution in [0.5, 0.6) is 0 Å². The van der Waals surface area contributed by atoms with E-state index in [1.54, 1.807) is 6.07 Å². The van der Waals surface area contributed by atoms with Gasteiger partial charge in [0.15, 0.2) is 0 Å². The standard InChI is InChI=1S/C16H16BrNO/c1-16(2,13-8-4-3-5-9-13)18-15(19)12-7-6-10-14(17)11-12/h3-11H,1-2H3,(H,18,19). The molecule has 0 aliphatic rings. The van der Waals surface area contributed by atoms with Gasteiger partial charge in [0.25, 0.3) is 5.91 Å². The zero-order valence-corrected chi connectivity index (χ0v) is 12.6. The maximum Gasteiger partial charge on any atom is 0.251 e. The van der Waals surface area contributed by atoms with E-state index >= 15 is 0 Å². The van der Waals surface area contributed by atoms with Crippen LogP contribution in [0.2, 0.25) is 0 Å². The molecule has 0 unspecified atom stereocenters. The van der Waals surface area contributed by atoms with E-state index in [1.165, 1.54) is 0 Å². The van der Waals surface area contributed by atoms with Crippen molar-refractivity contribution in [1.29, 1.82) is 0 Å². The van der Waals surface area contributed by atoms with Crippen LogP contribution in [0.3, 0.4) is 0 Å². The highest BCUT2D eigenvalue weighted by molar-refractivity contribution is 9.10. The van der Waals surface area contributed by atoms with Gasteiger partial charge in [-0.15, -0.1) is 0 Å². The summed E-state index contributed by atoms with van der Waals surface area (Å²) >= 11 is 3.37. The zero-order valence-electron chi connectivity index (χ0n) is 11.0. The van der Waals surface area contributed by atoms with Crippen molar-refractivity contribution >= 4 is 21.8 Å². The Hall–Kier alpha value is -1.61. The second-order valence-corrected chi connectivity index (χ2v) is 5.87. The van der Waals surface area contributed by atoms with E-state index in [4.69, 9.17) is 0 Å². The molecule has 98 valence electrons. The lowest BCUT2D eigenvalue weighted by molar-refractivity contribution is 0.0912. The van der Waals surface area contributed by atoms with Gasteiger partial charge in [-0.1, -0.05) is 52.3 Å². The van der Waals surface area contributed by atoms with Crippen LogP contribution >= 0.6 is 15.9 Å². The first-order valence-corrected chi connectivity index (χ1v) is 6.92. The maximum atomic E-state index is 12.3. The van der Waals surface area contributed by atoms with Crippen LogP contribution in [-0.4, -0.2) is 5.91 Å². The third kappa shape index (κ3) is 3.44. The van der Waals surface area contributed by atoms with E-state index < -0.39 is 5.54 Å². The number of hydrogen-bond acceptors (Lipinski definition) is 1. The molecule has 0 bridgehead atoms. The van der Waals surface area contributed by atoms with Crippen molar-refractivity contribution < 1.29 is 4.79 Å². The van der Waals surface area contributed by atoms with Gasteiger partial charge < -0.3 is 5.32 Å². The number of amides is 1. The number of halogens is 1. The van der Waals surface area contributed by atoms with Crippen LogP contribution in [0.1, 0.15) is 29.8 Å². The zero-order chi connectivity index (χ0) is 13.9. The molecule has 0 radical (unpaired) electrons. The van der Waals surface area contributed by atoms with Crippen LogP contribution in [0.4, 0.5) is 0 Å². The van der Waals surface area contributed by atoms with E-state index in [0.717, 1.165) is 10.0 Å². The van der Waals surface area contributed by atoms with Gasteiger partial charge in [-0.25, -0.2) is 0 Å². The highest BCUT2D eigenvalue weighted by atomic mass is 79.9. The van der Waals surface area contributed by atoms with Crippen molar-refractivity contribution in [2.24, 2.45) is 0 Å². The van der Waals surface area contributed by atoms with E-state index in [-0.39, 0.29) is 5.91 Å². The molecule has 19 heavy (non-hydrogen) atoms. The molecular weight excluding hydrogens is 302 g/mol. The van der Waals surface area contributed by atoms with E-state index in [2.05, 4.69) is 21.2 Å². The predicted octanol–water partition coefficient (Wildman–Crippen LogP) is 4.11. The number of benzene rings is 2. The molecule has 0 aliphatic heterocycles. The third-order valence-corrected chi connectivity index (χ3v) is 3.50. The number of nitrogens with one attached hydrogen (secondary N) is 1. The monoisotopic (exact) mass is 317 g/mol. The van der Waals surface area contributed by atoms with Gasteiger partial charge in [0.2, 0.25) is 0 Å². The summed E-state index contributed by atoms with van der Waals surface area (Å²) < 4.78 is 0.901. The highest BCUT2D eigenvalue weighted by Crippen LogP contribution is 2.20. The van der Waals surface area contributed by atoms with Crippen molar-refractivity contribution in [2.75, 3.05) is 0 Å². The normalized spacial score (nSPS) is 11.1. The fraction of sp³-hybridized carbons (Fsp3) is 0.188. The fourth-order valence-corrected chi connectivity index (χ4v) is 2.31. The van der Waals surface area contributed by atoms with Crippen molar-refractivity contribution in [3.8, 4) is 0 Å². The van der Waals surface area contributed by atoms with E-state index in [1.807, 2.05) is 62.4 Å². The Morgan fingerprint density at radius 1 is 1.05 bits per heavy atom. The molecule has 1 N–H and O–H groups in total. The Balaban J connectivity index is 2.19. The minimum Gasteiger partial charge on any atom is -0.343 e. The van der Waals surface area contributed by atoms with Gasteiger partial charge in [-0.3, -0.25) is 4.79 Å². The second-order valence-electron chi connectivity index (χ2n) is 4.96. The average molecular weight is 318 g/mol. The molecular formula is C16H16BrNO. The average Bonchev–Trinajstić information content (AvgIpc) is 2.39. The lowest BCUT2D eigenvalue weighted by Crippen LogP contribution is -2.40. The van der Waals surface area contributed by atoms with Crippen molar-refractivity contribution in [1.82, 2.24) is 5.32 Å². The van der Waals surface area contributed by atoms with Crippen LogP contribution in [0.15, 0.2) is 59.1 Å². The molecule has 0 fully saturated rings. The topological polar surface area (TPSA) is 29.1 Å². The molecule has 1 amide bonds. The minimum atomic E-state index is -0.402. The molecule has 0 saturated carbocycles. The molecule has 0 spiro atoms. The van der Waals surface area contributed by atoms with Crippen LogP contribution in [-0.2, 0) is 5.54 Å². The Kier molecular flexibility index (Phi) is 4.05. The van der Waals surface area contributed by atoms with Gasteiger partial charge in [0, 0.05) is 10.0 Å². The molecule has 2 aromatic carbocycles. The smallest absolute Gasteiger partial charge is 0.251 e. The van der Waals surface area contributed by atoms with Gasteiger partial charge in [0.05, 0.1) is 5.54 Å². The summed E-state index contributed by atoms with van der Waals surface area (Å²) in [5.41, 5.74) is 1.33. The molecule has 0 aliphatic carbocycles. The SMILES string of the molecule is CC(C)(NC(=O)c1cccc(Br)c1)c1ccccc1. The summed E-state index contributed by atoms with van der Waals surface area (Å²) in [6.07, 6.45) is 0. The van der Waals surface area contributed by atoms with Gasteiger partial charge in [-0.2, -0.15) is 0 Å². The van der Waals surface area contributed by atoms with E-state index in [0.29, 0.717) is 5.56 Å². The number of carbonyl (C=O) groups is 1. The maximum absolute atomic E-state index is 12.3. The molecule has 0 saturated heterocycles. The largest absolute Gasteiger partial charge is 0.343 e. The molecule has 0 atom stereocenters. The predicted molar refractivity (Wildman–Crippen MR) is 81.1 cm³/mol. The van der Waals surface area contributed by atoms with Crippen LogP contribution in [0.25, 0.3) is 0 Å². The third-order valence-electron chi connectivity index (χ3n) is 3.01. The van der Waals surface area contributed by atoms with Crippen LogP contribution < -0.4 is 5.32 Å². The second kappa shape index (κ2) is 5.57. The van der Waals surface area contributed by atoms with Gasteiger partial charge in [0.1, 0.15) is 0 Å². The van der Waals surface area contributed by atoms with Gasteiger partial charge >= 0.3 is 0 Å². The lowest BCUT2D eigenvalue weighted by Gasteiger charge is -2.27. The first-order chi connectivity index (χ1) is 8.99. The lowest BCUT2D eigenvalue weighted by atomic mass is 9.94. The van der Waals surface area contributed by atoms with Crippen molar-refractivity contribution in [2.45, 2.75) is 19.4 Å². The molecule has 2 aromatic rings. The van der Waals surface area contributed by atoms with Crippen molar-refractivity contribution in [3.63, 3.8) is 0 Å². The summed E-state index contributed by atoms with van der Waals surface area (Å²) in [6.45, 7) is 4.00. The Morgan fingerprint density at radius 2 is 1.74 bits per heavy atom. The molecule has 2 nitrogen and oxygen atoms in total. The summed E-state index contributed by atoms with van der Waals surface area (Å²) in [7, 11) is 0. The van der Waals surface area contributed by atoms with E-state index in [9.17, 15) is 4.79 Å². The van der Waals surface area contributed by atoms with Gasteiger partial charge in [-0.05, 0) is 37.6 Å². The Labute approximate surface area is 122 Å². The van der Waals surface area contributed by atoms with Crippen LogP contribution in [0, 0.1) is 0 Å². The first-order valence-electron chi connectivity index (χ1n) is 6.13. The highest BCUT2D eigenvalue weighted by Gasteiger charge is 2.23. The molecule has 0 heterocycles. The van der Waals surface area contributed by atoms with Crippen molar-refractivity contribution in [3.05, 3.63) is 70.2 Å². The summed E-state index contributed by atoms with van der Waals surface area (Å²) in [4.78, 5) is 12.3. The molecule has 2 rings (SSSR count). The summed E-state index contributed by atoms with van der Waals surface area (Å²) in [6, 6.07) is 17.3. The summed E-state index contributed by atoms with van der Waals surface area (Å²) in [5.74, 6) is -0.0739. The number of rotatable bonds is 3. The summed E-state index contributed by atoms with van der Waals surface area (Å²) in [5, 5.41) is 3.06. The quantitative estimate of drug-likeness (QED) is 0.906. The minimum absolute atomic E-state index is 0.0739. The Morgan fingerprint density at radius 3 is 2.37 bits per heavy atom. The first kappa shape index (κ1) is 13.8.